The predicted molar refractivity (Wildman–Crippen MR) is 114 cm³/mol. The lowest BCUT2D eigenvalue weighted by Gasteiger charge is -2.44. The summed E-state index contributed by atoms with van der Waals surface area (Å²) in [4.78, 5) is 27.5. The number of benzene rings is 2. The Hall–Kier alpha value is -2.62. The third-order valence-electron chi connectivity index (χ3n) is 6.20. The van der Waals surface area contributed by atoms with E-state index in [1.54, 1.807) is 0 Å². The molecule has 0 radical (unpaired) electrons. The maximum absolute atomic E-state index is 13.0. The van der Waals surface area contributed by atoms with Gasteiger partial charge in [0.1, 0.15) is 11.4 Å². The van der Waals surface area contributed by atoms with E-state index in [0.29, 0.717) is 43.7 Å². The van der Waals surface area contributed by atoms with Gasteiger partial charge in [-0.25, -0.2) is 0 Å². The number of nitrogens with zero attached hydrogens (tertiary/aromatic N) is 1. The number of amides is 1. The molecule has 2 aliphatic rings. The first-order valence-electron chi connectivity index (χ1n) is 10.4. The van der Waals surface area contributed by atoms with Crippen molar-refractivity contribution in [1.29, 1.82) is 0 Å². The van der Waals surface area contributed by atoms with Crippen LogP contribution in [0, 0.1) is 6.92 Å². The number of ether oxygens (including phenoxy) is 1. The number of likely N-dealkylation sites (tertiary alicyclic amines) is 1. The number of carbonyl (C=O) groups is 2. The second-order valence-electron chi connectivity index (χ2n) is 9.50. The highest BCUT2D eigenvalue weighted by Gasteiger charge is 2.43. The molecule has 1 fully saturated rings. The van der Waals surface area contributed by atoms with Crippen LogP contribution in [-0.4, -0.2) is 35.3 Å². The highest BCUT2D eigenvalue weighted by molar-refractivity contribution is 6.00. The van der Waals surface area contributed by atoms with Crippen molar-refractivity contribution in [3.8, 4) is 5.75 Å². The van der Waals surface area contributed by atoms with Crippen LogP contribution >= 0.6 is 0 Å². The standard InChI is InChI=1S/C25H29NO3/c1-17-5-10-22-20(15-17)21(27)16-25(29-22)11-13-26(14-12-25)23(28)18-6-8-19(9-7-18)24(2,3)4/h5-10,15H,11-14,16H2,1-4H3. The molecular weight excluding hydrogens is 362 g/mol. The zero-order valence-corrected chi connectivity index (χ0v) is 17.7. The van der Waals surface area contributed by atoms with Gasteiger partial charge in [0.25, 0.3) is 5.91 Å². The van der Waals surface area contributed by atoms with E-state index in [4.69, 9.17) is 4.74 Å². The lowest BCUT2D eigenvalue weighted by atomic mass is 9.82. The number of carbonyl (C=O) groups excluding carboxylic acids is 2. The lowest BCUT2D eigenvalue weighted by Crippen LogP contribution is -2.52. The Morgan fingerprint density at radius 3 is 2.31 bits per heavy atom. The van der Waals surface area contributed by atoms with Crippen LogP contribution < -0.4 is 4.74 Å². The quantitative estimate of drug-likeness (QED) is 0.692. The molecule has 29 heavy (non-hydrogen) atoms. The zero-order valence-electron chi connectivity index (χ0n) is 17.7. The molecule has 0 saturated carbocycles. The molecule has 0 aromatic heterocycles. The molecule has 4 heteroatoms. The minimum absolute atomic E-state index is 0.0541. The fourth-order valence-electron chi connectivity index (χ4n) is 4.30. The minimum atomic E-state index is -0.480. The lowest BCUT2D eigenvalue weighted by molar-refractivity contribution is -0.00572. The van der Waals surface area contributed by atoms with E-state index in [2.05, 4.69) is 20.8 Å². The van der Waals surface area contributed by atoms with Crippen LogP contribution in [0.2, 0.25) is 0 Å². The molecule has 1 spiro atoms. The van der Waals surface area contributed by atoms with Crippen molar-refractivity contribution in [2.24, 2.45) is 0 Å². The third kappa shape index (κ3) is 3.81. The van der Waals surface area contributed by atoms with E-state index in [9.17, 15) is 9.59 Å². The van der Waals surface area contributed by atoms with Crippen molar-refractivity contribution in [2.75, 3.05) is 13.1 Å². The minimum Gasteiger partial charge on any atom is -0.486 e. The molecule has 2 aliphatic heterocycles. The van der Waals surface area contributed by atoms with Crippen LogP contribution in [-0.2, 0) is 5.41 Å². The first-order valence-corrected chi connectivity index (χ1v) is 10.4. The van der Waals surface area contributed by atoms with Gasteiger partial charge >= 0.3 is 0 Å². The Kier molecular flexibility index (Phi) is 4.76. The van der Waals surface area contributed by atoms with E-state index in [-0.39, 0.29) is 17.1 Å². The maximum atomic E-state index is 13.0. The molecule has 0 N–H and O–H groups in total. The van der Waals surface area contributed by atoms with Crippen LogP contribution in [0.5, 0.6) is 5.75 Å². The highest BCUT2D eigenvalue weighted by atomic mass is 16.5. The number of hydrogen-bond donors (Lipinski definition) is 0. The topological polar surface area (TPSA) is 46.6 Å². The summed E-state index contributed by atoms with van der Waals surface area (Å²) in [6.45, 7) is 9.69. The molecule has 0 aliphatic carbocycles. The van der Waals surface area contributed by atoms with Gasteiger partial charge in [-0.2, -0.15) is 0 Å². The normalized spacial score (nSPS) is 18.3. The van der Waals surface area contributed by atoms with Crippen LogP contribution in [0.25, 0.3) is 0 Å². The summed E-state index contributed by atoms with van der Waals surface area (Å²) < 4.78 is 6.31. The molecule has 1 amide bonds. The van der Waals surface area contributed by atoms with Gasteiger partial charge in [0.15, 0.2) is 5.78 Å². The number of Topliss-reactive ketones (excluding diaryl/α,β-unsaturated/α-hetero) is 1. The monoisotopic (exact) mass is 391 g/mol. The fraction of sp³-hybridized carbons (Fsp3) is 0.440. The van der Waals surface area contributed by atoms with Crippen molar-refractivity contribution in [3.63, 3.8) is 0 Å². The molecule has 2 aromatic rings. The largest absolute Gasteiger partial charge is 0.486 e. The van der Waals surface area contributed by atoms with E-state index < -0.39 is 5.60 Å². The molecule has 2 heterocycles. The molecule has 4 rings (SSSR count). The zero-order chi connectivity index (χ0) is 20.8. The Morgan fingerprint density at radius 2 is 1.69 bits per heavy atom. The number of piperidine rings is 1. The van der Waals surface area contributed by atoms with Crippen molar-refractivity contribution in [3.05, 3.63) is 64.7 Å². The second kappa shape index (κ2) is 7.01. The molecule has 4 nitrogen and oxygen atoms in total. The van der Waals surface area contributed by atoms with Crippen molar-refractivity contribution >= 4 is 11.7 Å². The smallest absolute Gasteiger partial charge is 0.253 e. The number of ketones is 1. The summed E-state index contributed by atoms with van der Waals surface area (Å²) in [6.07, 6.45) is 1.75. The van der Waals surface area contributed by atoms with E-state index >= 15 is 0 Å². The Bertz CT molecular complexity index is 945. The summed E-state index contributed by atoms with van der Waals surface area (Å²) in [7, 11) is 0. The van der Waals surface area contributed by atoms with Crippen LogP contribution in [0.3, 0.4) is 0 Å². The molecule has 2 aromatic carbocycles. The number of aryl methyl sites for hydroxylation is 1. The summed E-state index contributed by atoms with van der Waals surface area (Å²) in [5.41, 5.74) is 3.28. The molecule has 0 atom stereocenters. The van der Waals surface area contributed by atoms with Gasteiger partial charge in [-0.05, 0) is 42.2 Å². The molecular formula is C25H29NO3. The SMILES string of the molecule is Cc1ccc2c(c1)C(=O)CC1(CCN(C(=O)c3ccc(C(C)(C)C)cc3)CC1)O2. The average molecular weight is 392 g/mol. The van der Waals surface area contributed by atoms with Gasteiger partial charge in [0.2, 0.25) is 0 Å². The first-order chi connectivity index (χ1) is 13.7. The Balaban J connectivity index is 1.45. The number of rotatable bonds is 1. The maximum Gasteiger partial charge on any atom is 0.253 e. The van der Waals surface area contributed by atoms with Crippen LogP contribution in [0.1, 0.15) is 71.9 Å². The van der Waals surface area contributed by atoms with Gasteiger partial charge in [0, 0.05) is 31.5 Å². The molecule has 152 valence electrons. The summed E-state index contributed by atoms with van der Waals surface area (Å²) >= 11 is 0. The third-order valence-corrected chi connectivity index (χ3v) is 6.20. The summed E-state index contributed by atoms with van der Waals surface area (Å²) in [6, 6.07) is 13.7. The predicted octanol–water partition coefficient (Wildman–Crippen LogP) is 4.93. The molecule has 1 saturated heterocycles. The summed E-state index contributed by atoms with van der Waals surface area (Å²) in [5.74, 6) is 0.885. The number of hydrogen-bond acceptors (Lipinski definition) is 3. The van der Waals surface area contributed by atoms with Crippen LogP contribution in [0.15, 0.2) is 42.5 Å². The average Bonchev–Trinajstić information content (AvgIpc) is 2.68. The Morgan fingerprint density at radius 1 is 1.03 bits per heavy atom. The van der Waals surface area contributed by atoms with Crippen LogP contribution in [0.4, 0.5) is 0 Å². The Labute approximate surface area is 172 Å². The van der Waals surface area contributed by atoms with Crippen molar-refractivity contribution in [2.45, 2.75) is 58.0 Å². The first kappa shape index (κ1) is 19.7. The van der Waals surface area contributed by atoms with Gasteiger partial charge in [-0.1, -0.05) is 44.5 Å². The van der Waals surface area contributed by atoms with Gasteiger partial charge in [0.05, 0.1) is 12.0 Å². The van der Waals surface area contributed by atoms with E-state index in [0.717, 1.165) is 11.1 Å². The molecule has 0 unspecified atom stereocenters. The van der Waals surface area contributed by atoms with Gasteiger partial charge < -0.3 is 9.64 Å². The van der Waals surface area contributed by atoms with Gasteiger partial charge in [-0.3, -0.25) is 9.59 Å². The van der Waals surface area contributed by atoms with Crippen molar-refractivity contribution < 1.29 is 14.3 Å². The number of fused-ring (bicyclic) bond motifs is 1. The van der Waals surface area contributed by atoms with Gasteiger partial charge in [-0.15, -0.1) is 0 Å². The summed E-state index contributed by atoms with van der Waals surface area (Å²) in [5, 5.41) is 0. The molecule has 0 bridgehead atoms. The van der Waals surface area contributed by atoms with Crippen molar-refractivity contribution in [1.82, 2.24) is 4.90 Å². The fourth-order valence-corrected chi connectivity index (χ4v) is 4.30. The van der Waals surface area contributed by atoms with E-state index in [1.807, 2.05) is 54.3 Å². The highest BCUT2D eigenvalue weighted by Crippen LogP contribution is 2.39. The second-order valence-corrected chi connectivity index (χ2v) is 9.50. The van der Waals surface area contributed by atoms with E-state index in [1.165, 1.54) is 5.56 Å².